The van der Waals surface area contributed by atoms with Crippen molar-refractivity contribution in [2.24, 2.45) is 0 Å². The van der Waals surface area contributed by atoms with E-state index in [1.165, 1.54) is 50.3 Å². The molecule has 0 amide bonds. The first kappa shape index (κ1) is 14.9. The molecule has 1 atom stereocenters. The van der Waals surface area contributed by atoms with Gasteiger partial charge in [-0.2, -0.15) is 0 Å². The summed E-state index contributed by atoms with van der Waals surface area (Å²) >= 11 is 0. The van der Waals surface area contributed by atoms with Crippen molar-refractivity contribution < 1.29 is 0 Å². The highest BCUT2D eigenvalue weighted by Crippen LogP contribution is 2.24. The maximum absolute atomic E-state index is 3.66. The smallest absolute Gasteiger partial charge is 0.0373 e. The molecule has 1 saturated heterocycles. The largest absolute Gasteiger partial charge is 0.383 e. The summed E-state index contributed by atoms with van der Waals surface area (Å²) in [6.07, 6.45) is 2.48. The first-order valence-electron chi connectivity index (χ1n) is 8.35. The average Bonchev–Trinajstić information content (AvgIpc) is 2.69. The Hall–Kier alpha value is -1.06. The molecule has 2 aliphatic heterocycles. The quantitative estimate of drug-likeness (QED) is 0.857. The van der Waals surface area contributed by atoms with Gasteiger partial charge in [0, 0.05) is 50.0 Å². The molecule has 0 spiro atoms. The molecule has 3 rings (SSSR count). The molecule has 1 aromatic carbocycles. The molecular weight excluding hydrogens is 258 g/mol. The minimum atomic E-state index is 0.310. The summed E-state index contributed by atoms with van der Waals surface area (Å²) in [4.78, 5) is 5.31. The molecule has 1 fully saturated rings. The Balaban J connectivity index is 1.58. The first-order chi connectivity index (χ1) is 10.0. The van der Waals surface area contributed by atoms with Gasteiger partial charge in [-0.3, -0.25) is 9.80 Å². The lowest BCUT2D eigenvalue weighted by molar-refractivity contribution is 0.0431. The molecule has 0 bridgehead atoms. The molecule has 21 heavy (non-hydrogen) atoms. The minimum Gasteiger partial charge on any atom is -0.383 e. The number of fused-ring (bicyclic) bond motifs is 1. The number of rotatable bonds is 1. The van der Waals surface area contributed by atoms with Crippen LogP contribution in [0, 0.1) is 0 Å². The topological polar surface area (TPSA) is 18.5 Å². The van der Waals surface area contributed by atoms with Gasteiger partial charge >= 0.3 is 0 Å². The van der Waals surface area contributed by atoms with E-state index in [4.69, 9.17) is 0 Å². The van der Waals surface area contributed by atoms with Crippen LogP contribution in [0.25, 0.3) is 0 Å². The summed E-state index contributed by atoms with van der Waals surface area (Å²) in [5, 5.41) is 3.66. The number of piperazine rings is 1. The molecule has 0 radical (unpaired) electrons. The summed E-state index contributed by atoms with van der Waals surface area (Å²) in [6.45, 7) is 12.9. The maximum atomic E-state index is 3.66. The SMILES string of the molecule is CC(C)(C)N1CCN(C2CCc3ccccc3NC2)CC1. The molecule has 3 heteroatoms. The number of hydrogen-bond donors (Lipinski definition) is 1. The third kappa shape index (κ3) is 3.41. The predicted molar refractivity (Wildman–Crippen MR) is 89.9 cm³/mol. The maximum Gasteiger partial charge on any atom is 0.0373 e. The Bertz CT molecular complexity index is 443. The second kappa shape index (κ2) is 5.98. The van der Waals surface area contributed by atoms with Crippen LogP contribution in [0.15, 0.2) is 24.3 Å². The zero-order valence-corrected chi connectivity index (χ0v) is 13.7. The Kier molecular flexibility index (Phi) is 4.23. The molecule has 2 aliphatic rings. The van der Waals surface area contributed by atoms with Gasteiger partial charge in [0.05, 0.1) is 0 Å². The van der Waals surface area contributed by atoms with Crippen LogP contribution in [0.1, 0.15) is 32.8 Å². The zero-order chi connectivity index (χ0) is 14.9. The molecule has 0 aromatic heterocycles. The third-order valence-corrected chi connectivity index (χ3v) is 5.07. The van der Waals surface area contributed by atoms with E-state index in [9.17, 15) is 0 Å². The second-order valence-corrected chi connectivity index (χ2v) is 7.42. The van der Waals surface area contributed by atoms with E-state index in [1.807, 2.05) is 0 Å². The second-order valence-electron chi connectivity index (χ2n) is 7.42. The summed E-state index contributed by atoms with van der Waals surface area (Å²) in [6, 6.07) is 9.45. The van der Waals surface area contributed by atoms with Crippen molar-refractivity contribution in [3.63, 3.8) is 0 Å². The zero-order valence-electron chi connectivity index (χ0n) is 13.7. The first-order valence-corrected chi connectivity index (χ1v) is 8.35. The van der Waals surface area contributed by atoms with E-state index >= 15 is 0 Å². The molecular formula is C18H29N3. The van der Waals surface area contributed by atoms with Crippen molar-refractivity contribution in [2.45, 2.75) is 45.2 Å². The van der Waals surface area contributed by atoms with Crippen molar-refractivity contribution in [1.82, 2.24) is 9.80 Å². The average molecular weight is 287 g/mol. The lowest BCUT2D eigenvalue weighted by atomic mass is 10.0. The third-order valence-electron chi connectivity index (χ3n) is 5.07. The van der Waals surface area contributed by atoms with Gasteiger partial charge in [0.1, 0.15) is 0 Å². The molecule has 1 aromatic rings. The summed E-state index contributed by atoms with van der Waals surface area (Å²) in [7, 11) is 0. The Morgan fingerprint density at radius 3 is 2.48 bits per heavy atom. The monoisotopic (exact) mass is 287 g/mol. The highest BCUT2D eigenvalue weighted by Gasteiger charge is 2.29. The summed E-state index contributed by atoms with van der Waals surface area (Å²) in [5.74, 6) is 0. The molecule has 1 N–H and O–H groups in total. The van der Waals surface area contributed by atoms with Gasteiger partial charge in [0.2, 0.25) is 0 Å². The Morgan fingerprint density at radius 1 is 1.05 bits per heavy atom. The van der Waals surface area contributed by atoms with E-state index in [0.717, 1.165) is 6.54 Å². The van der Waals surface area contributed by atoms with Gasteiger partial charge in [0.25, 0.3) is 0 Å². The van der Waals surface area contributed by atoms with Crippen LogP contribution in [0.4, 0.5) is 5.69 Å². The molecule has 116 valence electrons. The van der Waals surface area contributed by atoms with Gasteiger partial charge in [-0.05, 0) is 45.2 Å². The van der Waals surface area contributed by atoms with Crippen LogP contribution in [-0.4, -0.2) is 54.1 Å². The van der Waals surface area contributed by atoms with Crippen LogP contribution in [0.2, 0.25) is 0 Å². The van der Waals surface area contributed by atoms with Crippen LogP contribution in [-0.2, 0) is 6.42 Å². The summed E-state index contributed by atoms with van der Waals surface area (Å²) < 4.78 is 0. The molecule has 2 heterocycles. The fourth-order valence-electron chi connectivity index (χ4n) is 3.63. The highest BCUT2D eigenvalue weighted by atomic mass is 15.3. The fourth-order valence-corrected chi connectivity index (χ4v) is 3.63. The number of hydrogen-bond acceptors (Lipinski definition) is 3. The van der Waals surface area contributed by atoms with Crippen molar-refractivity contribution >= 4 is 5.69 Å². The Morgan fingerprint density at radius 2 is 1.76 bits per heavy atom. The van der Waals surface area contributed by atoms with E-state index in [1.54, 1.807) is 0 Å². The van der Waals surface area contributed by atoms with E-state index in [0.29, 0.717) is 11.6 Å². The van der Waals surface area contributed by atoms with E-state index in [-0.39, 0.29) is 0 Å². The van der Waals surface area contributed by atoms with Gasteiger partial charge in [-0.1, -0.05) is 18.2 Å². The fraction of sp³-hybridized carbons (Fsp3) is 0.667. The minimum absolute atomic E-state index is 0.310. The van der Waals surface area contributed by atoms with Gasteiger partial charge < -0.3 is 5.32 Å². The normalized spacial score (nSPS) is 25.0. The number of aryl methyl sites for hydroxylation is 1. The van der Waals surface area contributed by atoms with Crippen LogP contribution in [0.3, 0.4) is 0 Å². The van der Waals surface area contributed by atoms with E-state index in [2.05, 4.69) is 60.2 Å². The highest BCUT2D eigenvalue weighted by molar-refractivity contribution is 5.52. The number of anilines is 1. The van der Waals surface area contributed by atoms with Crippen molar-refractivity contribution in [3.05, 3.63) is 29.8 Å². The molecule has 0 aliphatic carbocycles. The number of benzene rings is 1. The van der Waals surface area contributed by atoms with Crippen LogP contribution >= 0.6 is 0 Å². The van der Waals surface area contributed by atoms with Crippen molar-refractivity contribution in [3.8, 4) is 0 Å². The lowest BCUT2D eigenvalue weighted by Gasteiger charge is -2.44. The predicted octanol–water partition coefficient (Wildman–Crippen LogP) is 2.83. The van der Waals surface area contributed by atoms with Gasteiger partial charge in [-0.25, -0.2) is 0 Å². The van der Waals surface area contributed by atoms with Gasteiger partial charge in [0.15, 0.2) is 0 Å². The number of nitrogens with zero attached hydrogens (tertiary/aromatic N) is 2. The number of nitrogens with one attached hydrogen (secondary N) is 1. The van der Waals surface area contributed by atoms with Crippen molar-refractivity contribution in [2.75, 3.05) is 38.0 Å². The van der Waals surface area contributed by atoms with Crippen molar-refractivity contribution in [1.29, 1.82) is 0 Å². The standard InChI is InChI=1S/C18H29N3/c1-18(2,3)21-12-10-20(11-13-21)16-9-8-15-6-4-5-7-17(15)19-14-16/h4-7,16,19H,8-14H2,1-3H3. The van der Waals surface area contributed by atoms with E-state index < -0.39 is 0 Å². The molecule has 3 nitrogen and oxygen atoms in total. The lowest BCUT2D eigenvalue weighted by Crippen LogP contribution is -2.56. The summed E-state index contributed by atoms with van der Waals surface area (Å²) in [5.41, 5.74) is 3.13. The number of para-hydroxylation sites is 1. The molecule has 0 saturated carbocycles. The van der Waals surface area contributed by atoms with Gasteiger partial charge in [-0.15, -0.1) is 0 Å². The Labute approximate surface area is 129 Å². The van der Waals surface area contributed by atoms with Crippen LogP contribution < -0.4 is 5.32 Å². The van der Waals surface area contributed by atoms with Crippen LogP contribution in [0.5, 0.6) is 0 Å². The molecule has 1 unspecified atom stereocenters.